The molecule has 0 unspecified atom stereocenters. The Bertz CT molecular complexity index is 1170. The molecule has 0 aliphatic rings. The molecular formula is C22H24N2O5S3. The molecule has 0 amide bonds. The van der Waals surface area contributed by atoms with E-state index in [1.54, 1.807) is 19.2 Å². The quantitative estimate of drug-likeness (QED) is 0.268. The van der Waals surface area contributed by atoms with Crippen LogP contribution in [0.1, 0.15) is 12.2 Å². The molecule has 0 saturated heterocycles. The first-order valence-corrected chi connectivity index (χ1v) is 12.6. The van der Waals surface area contributed by atoms with Crippen molar-refractivity contribution in [2.24, 2.45) is 5.14 Å². The lowest BCUT2D eigenvalue weighted by Gasteiger charge is -2.09. The summed E-state index contributed by atoms with van der Waals surface area (Å²) in [6.07, 6.45) is 1.49. The summed E-state index contributed by atoms with van der Waals surface area (Å²) in [6.45, 7) is 0. The third-order valence-corrected chi connectivity index (χ3v) is 7.24. The van der Waals surface area contributed by atoms with Crippen LogP contribution in [0.15, 0.2) is 63.9 Å². The summed E-state index contributed by atoms with van der Waals surface area (Å²) in [5.41, 5.74) is 2.58. The molecule has 0 aliphatic carbocycles. The van der Waals surface area contributed by atoms with Crippen molar-refractivity contribution in [2.45, 2.75) is 17.7 Å². The summed E-state index contributed by atoms with van der Waals surface area (Å²) in [4.78, 5) is 0.0425. The van der Waals surface area contributed by atoms with Crippen molar-refractivity contribution in [2.75, 3.05) is 19.9 Å². The smallest absolute Gasteiger partial charge is 0.238 e. The predicted molar refractivity (Wildman–Crippen MR) is 130 cm³/mol. The number of ether oxygens (including phenoxy) is 1. The Kier molecular flexibility index (Phi) is 7.96. The van der Waals surface area contributed by atoms with Gasteiger partial charge in [-0.25, -0.2) is 18.6 Å². The second kappa shape index (κ2) is 10.5. The highest BCUT2D eigenvalue weighted by Gasteiger charge is 2.17. The van der Waals surface area contributed by atoms with Crippen LogP contribution in [-0.4, -0.2) is 42.9 Å². The first kappa shape index (κ1) is 24.3. The van der Waals surface area contributed by atoms with Gasteiger partial charge in [0, 0.05) is 30.3 Å². The first-order chi connectivity index (χ1) is 15.2. The number of primary sulfonamides is 1. The maximum atomic E-state index is 11.6. The van der Waals surface area contributed by atoms with E-state index in [1.807, 2.05) is 30.3 Å². The molecule has 0 fully saturated rings. The Balaban J connectivity index is 1.88. The number of benzene rings is 2. The summed E-state index contributed by atoms with van der Waals surface area (Å²) >= 11 is 6.47. The van der Waals surface area contributed by atoms with Crippen molar-refractivity contribution in [1.29, 1.82) is 0 Å². The van der Waals surface area contributed by atoms with Gasteiger partial charge in [0.1, 0.15) is 17.3 Å². The van der Waals surface area contributed by atoms with Crippen molar-refractivity contribution >= 4 is 38.3 Å². The van der Waals surface area contributed by atoms with E-state index in [2.05, 4.69) is 0 Å². The fourth-order valence-corrected chi connectivity index (χ4v) is 4.48. The normalized spacial score (nSPS) is 11.4. The molecule has 2 aromatic carbocycles. The average Bonchev–Trinajstić information content (AvgIpc) is 3.20. The molecule has 0 radical (unpaired) electrons. The summed E-state index contributed by atoms with van der Waals surface area (Å²) in [7, 11) is -0.664. The van der Waals surface area contributed by atoms with E-state index in [1.165, 1.54) is 30.9 Å². The first-order valence-electron chi connectivity index (χ1n) is 9.69. The maximum Gasteiger partial charge on any atom is 0.238 e. The summed E-state index contributed by atoms with van der Waals surface area (Å²) in [5, 5.41) is 15.5. The molecule has 7 nitrogen and oxygen atoms in total. The maximum absolute atomic E-state index is 11.6. The number of hydrogen-bond donors (Lipinski definition) is 2. The monoisotopic (exact) mass is 492 g/mol. The molecule has 3 rings (SSSR count). The van der Waals surface area contributed by atoms with E-state index < -0.39 is 10.0 Å². The molecule has 0 saturated carbocycles. The zero-order valence-corrected chi connectivity index (χ0v) is 20.1. The van der Waals surface area contributed by atoms with E-state index in [4.69, 9.17) is 26.5 Å². The molecule has 0 atom stereocenters. The molecule has 10 heteroatoms. The lowest BCUT2D eigenvalue weighted by atomic mass is 10.0. The molecule has 0 spiro atoms. The van der Waals surface area contributed by atoms with Crippen LogP contribution in [-0.2, 0) is 16.4 Å². The largest absolute Gasteiger partial charge is 0.497 e. The lowest BCUT2D eigenvalue weighted by molar-refractivity contribution is 0.0205. The van der Waals surface area contributed by atoms with Crippen LogP contribution in [0, 0.1) is 0 Å². The number of hydrogen-bond acceptors (Lipinski definition) is 7. The zero-order valence-electron chi connectivity index (χ0n) is 17.6. The number of nitrogens with two attached hydrogens (primary N) is 1. The van der Waals surface area contributed by atoms with E-state index in [0.717, 1.165) is 45.4 Å². The van der Waals surface area contributed by atoms with E-state index in [-0.39, 0.29) is 4.90 Å². The fraction of sp³-hybridized carbons (Fsp3) is 0.227. The number of furan rings is 1. The van der Waals surface area contributed by atoms with Crippen LogP contribution in [0.2, 0.25) is 0 Å². The van der Waals surface area contributed by atoms with Crippen LogP contribution >= 0.6 is 24.0 Å². The Hall–Kier alpha value is -2.37. The molecule has 3 N–H and O–H groups in total. The third-order valence-electron chi connectivity index (χ3n) is 4.69. The lowest BCUT2D eigenvalue weighted by Crippen LogP contribution is -2.17. The molecule has 170 valence electrons. The minimum atomic E-state index is -3.77. The zero-order chi connectivity index (χ0) is 23.3. The van der Waals surface area contributed by atoms with Crippen LogP contribution in [0.4, 0.5) is 0 Å². The Labute approximate surface area is 197 Å². The average molecular weight is 493 g/mol. The van der Waals surface area contributed by atoms with E-state index >= 15 is 0 Å². The minimum Gasteiger partial charge on any atom is -0.497 e. The minimum absolute atomic E-state index is 0.0425. The third kappa shape index (κ3) is 6.11. The van der Waals surface area contributed by atoms with Gasteiger partial charge in [0.05, 0.1) is 12.0 Å². The van der Waals surface area contributed by atoms with Crippen molar-refractivity contribution in [3.8, 4) is 28.2 Å². The van der Waals surface area contributed by atoms with Crippen molar-refractivity contribution in [3.05, 3.63) is 60.4 Å². The van der Waals surface area contributed by atoms with E-state index in [9.17, 15) is 13.6 Å². The fourth-order valence-electron chi connectivity index (χ4n) is 3.06. The number of nitrogens with zero attached hydrogens (tertiary/aromatic N) is 1. The van der Waals surface area contributed by atoms with Crippen LogP contribution in [0.5, 0.6) is 5.75 Å². The number of thioether (sulfide) groups is 1. The second-order valence-electron chi connectivity index (χ2n) is 6.99. The number of sulfonamides is 1. The Morgan fingerprint density at radius 1 is 1.16 bits per heavy atom. The molecule has 0 aliphatic heterocycles. The van der Waals surface area contributed by atoms with E-state index in [0.29, 0.717) is 16.5 Å². The summed E-state index contributed by atoms with van der Waals surface area (Å²) in [6, 6.07) is 15.9. The molecular weight excluding hydrogens is 468 g/mol. The second-order valence-corrected chi connectivity index (χ2v) is 10.3. The standard InChI is InChI=1S/C22H24N2O5S3/c1-24(25)22(30)31-13-3-4-18-14-20(15-5-9-17(28-2)10-6-15)21(29-18)16-7-11-19(12-8-16)32(23,26)27/h5-12,14,25H,3-4,13H2,1-2H3,(H2,23,26,27). The van der Waals surface area contributed by atoms with Crippen molar-refractivity contribution in [1.82, 2.24) is 5.06 Å². The van der Waals surface area contributed by atoms with Gasteiger partial charge in [0.15, 0.2) is 4.32 Å². The summed E-state index contributed by atoms with van der Waals surface area (Å²) in [5.74, 6) is 2.92. The SMILES string of the molecule is COc1ccc(-c2cc(CCCSC(=S)N(C)O)oc2-c2ccc(S(N)(=O)=O)cc2)cc1. The highest BCUT2D eigenvalue weighted by atomic mass is 32.2. The van der Waals surface area contributed by atoms with Gasteiger partial charge < -0.3 is 9.15 Å². The van der Waals surface area contributed by atoms with Gasteiger partial charge in [0.2, 0.25) is 10.0 Å². The topological polar surface area (TPSA) is 106 Å². The van der Waals surface area contributed by atoms with Crippen LogP contribution in [0.25, 0.3) is 22.5 Å². The van der Waals surface area contributed by atoms with Gasteiger partial charge in [-0.3, -0.25) is 5.21 Å². The van der Waals surface area contributed by atoms with Gasteiger partial charge in [-0.05, 0) is 54.4 Å². The molecule has 0 bridgehead atoms. The van der Waals surface area contributed by atoms with Gasteiger partial charge >= 0.3 is 0 Å². The Morgan fingerprint density at radius 2 is 1.78 bits per heavy atom. The molecule has 1 heterocycles. The number of aryl methyl sites for hydroxylation is 1. The molecule has 1 aromatic heterocycles. The van der Waals surface area contributed by atoms with Gasteiger partial charge in [-0.1, -0.05) is 36.1 Å². The van der Waals surface area contributed by atoms with Gasteiger partial charge in [-0.15, -0.1) is 0 Å². The highest BCUT2D eigenvalue weighted by molar-refractivity contribution is 8.22. The number of hydroxylamine groups is 2. The van der Waals surface area contributed by atoms with Gasteiger partial charge in [-0.2, -0.15) is 0 Å². The van der Waals surface area contributed by atoms with Crippen LogP contribution < -0.4 is 9.88 Å². The number of rotatable bonds is 8. The molecule has 3 aromatic rings. The van der Waals surface area contributed by atoms with Gasteiger partial charge in [0.25, 0.3) is 0 Å². The highest BCUT2D eigenvalue weighted by Crippen LogP contribution is 2.36. The number of thiocarbonyl (C=S) groups is 1. The predicted octanol–water partition coefficient (Wildman–Crippen LogP) is 4.54. The summed E-state index contributed by atoms with van der Waals surface area (Å²) < 4.78 is 35.0. The Morgan fingerprint density at radius 3 is 2.34 bits per heavy atom. The van der Waals surface area contributed by atoms with Crippen molar-refractivity contribution in [3.63, 3.8) is 0 Å². The van der Waals surface area contributed by atoms with Crippen molar-refractivity contribution < 1.29 is 22.8 Å². The molecule has 32 heavy (non-hydrogen) atoms. The van der Waals surface area contributed by atoms with Crippen LogP contribution in [0.3, 0.4) is 0 Å². The number of methoxy groups -OCH3 is 1.